The average Bonchev–Trinajstić information content (AvgIpc) is 2.44. The van der Waals surface area contributed by atoms with Gasteiger partial charge in [0.05, 0.1) is 0 Å². The van der Waals surface area contributed by atoms with Crippen molar-refractivity contribution in [2.45, 2.75) is 44.9 Å². The minimum absolute atomic E-state index is 0.833. The molecule has 0 saturated heterocycles. The molecule has 0 spiro atoms. The Morgan fingerprint density at radius 2 is 1.90 bits per heavy atom. The first-order valence-electron chi connectivity index (χ1n) is 7.39. The summed E-state index contributed by atoms with van der Waals surface area (Å²) >= 11 is 0. The second kappa shape index (κ2) is 5.28. The fraction of sp³-hybridized carbons (Fsp3) is 0.389. The first-order valence-corrected chi connectivity index (χ1v) is 7.39. The van der Waals surface area contributed by atoms with Crippen LogP contribution in [0.2, 0.25) is 0 Å². The van der Waals surface area contributed by atoms with Crippen molar-refractivity contribution >= 4 is 16.7 Å². The monoisotopic (exact) mass is 268 g/mol. The molecule has 0 heterocycles. The van der Waals surface area contributed by atoms with Gasteiger partial charge in [-0.15, -0.1) is 0 Å². The minimum Gasteiger partial charge on any atom is -0.481 e. The molecule has 104 valence electrons. The molecule has 1 unspecified atom stereocenters. The molecule has 0 aliphatic heterocycles. The molecule has 2 aliphatic rings. The molecule has 0 bridgehead atoms. The van der Waals surface area contributed by atoms with Crippen LogP contribution in [0.15, 0.2) is 30.3 Å². The standard InChI is InChI=1S/C16H16.C2H4O2/c1-3-11-7-9-13-5-2-6-14-10-8-12(4-1)15(11)16(13)14;1-2(3)4/h1,3-4,7,9,14H,2,5-6,8,10H2;1H3,(H,3,4). The van der Waals surface area contributed by atoms with E-state index >= 15 is 0 Å². The Morgan fingerprint density at radius 3 is 2.70 bits per heavy atom. The first-order chi connectivity index (χ1) is 9.66. The van der Waals surface area contributed by atoms with E-state index < -0.39 is 5.97 Å². The zero-order valence-electron chi connectivity index (χ0n) is 11.9. The summed E-state index contributed by atoms with van der Waals surface area (Å²) in [5, 5.41) is 10.5. The quantitative estimate of drug-likeness (QED) is 0.773. The highest BCUT2D eigenvalue weighted by atomic mass is 16.4. The van der Waals surface area contributed by atoms with Gasteiger partial charge in [-0.2, -0.15) is 0 Å². The zero-order chi connectivity index (χ0) is 14.1. The minimum atomic E-state index is -0.833. The van der Waals surface area contributed by atoms with Crippen molar-refractivity contribution in [3.8, 4) is 0 Å². The molecule has 0 saturated carbocycles. The van der Waals surface area contributed by atoms with E-state index in [0.29, 0.717) is 0 Å². The van der Waals surface area contributed by atoms with Gasteiger partial charge in [0, 0.05) is 6.92 Å². The molecule has 0 aromatic heterocycles. The van der Waals surface area contributed by atoms with E-state index in [1.165, 1.54) is 37.5 Å². The van der Waals surface area contributed by atoms with Crippen molar-refractivity contribution in [1.82, 2.24) is 0 Å². The summed E-state index contributed by atoms with van der Waals surface area (Å²) in [6.45, 7) is 1.08. The van der Waals surface area contributed by atoms with Crippen molar-refractivity contribution in [2.24, 2.45) is 0 Å². The van der Waals surface area contributed by atoms with Gasteiger partial charge in [-0.05, 0) is 65.5 Å². The zero-order valence-corrected chi connectivity index (χ0v) is 11.9. The van der Waals surface area contributed by atoms with Crippen LogP contribution < -0.4 is 0 Å². The topological polar surface area (TPSA) is 37.3 Å². The molecule has 2 heteroatoms. The van der Waals surface area contributed by atoms with Crippen LogP contribution >= 0.6 is 0 Å². The lowest BCUT2D eigenvalue weighted by molar-refractivity contribution is -0.134. The number of benzene rings is 2. The van der Waals surface area contributed by atoms with Gasteiger partial charge in [0.2, 0.25) is 0 Å². The molecule has 2 aromatic carbocycles. The van der Waals surface area contributed by atoms with Gasteiger partial charge in [-0.3, -0.25) is 4.79 Å². The van der Waals surface area contributed by atoms with Gasteiger partial charge in [0.25, 0.3) is 5.97 Å². The Balaban J connectivity index is 0.000000272. The van der Waals surface area contributed by atoms with Crippen molar-refractivity contribution < 1.29 is 9.90 Å². The third-order valence-electron chi connectivity index (χ3n) is 4.43. The lowest BCUT2D eigenvalue weighted by atomic mass is 9.73. The first kappa shape index (κ1) is 13.2. The summed E-state index contributed by atoms with van der Waals surface area (Å²) < 4.78 is 0. The number of hydrogen-bond acceptors (Lipinski definition) is 1. The number of hydrogen-bond donors (Lipinski definition) is 1. The van der Waals surface area contributed by atoms with E-state index in [1.54, 1.807) is 22.1 Å². The Morgan fingerprint density at radius 1 is 1.10 bits per heavy atom. The molecule has 4 rings (SSSR count). The van der Waals surface area contributed by atoms with Crippen molar-refractivity contribution in [3.63, 3.8) is 0 Å². The summed E-state index contributed by atoms with van der Waals surface area (Å²) in [6.07, 6.45) is 6.78. The average molecular weight is 268 g/mol. The van der Waals surface area contributed by atoms with Crippen LogP contribution in [0.3, 0.4) is 0 Å². The SMILES string of the molecule is CC(=O)O.c1cc2c3c4c(ccc3c1)CCCC4CC2. The number of aliphatic carboxylic acids is 1. The van der Waals surface area contributed by atoms with E-state index in [1.807, 2.05) is 0 Å². The second-order valence-corrected chi connectivity index (χ2v) is 5.80. The summed E-state index contributed by atoms with van der Waals surface area (Å²) in [7, 11) is 0. The second-order valence-electron chi connectivity index (χ2n) is 5.80. The number of carboxylic acids is 1. The molecule has 2 aromatic rings. The summed E-state index contributed by atoms with van der Waals surface area (Å²) in [5.74, 6) is 0.0300. The van der Waals surface area contributed by atoms with E-state index in [9.17, 15) is 0 Å². The molecule has 0 amide bonds. The molecular formula is C18H20O2. The number of carboxylic acid groups (broad SMARTS) is 1. The number of rotatable bonds is 0. The van der Waals surface area contributed by atoms with Gasteiger partial charge in [0.15, 0.2) is 0 Å². The van der Waals surface area contributed by atoms with E-state index in [0.717, 1.165) is 12.8 Å². The number of aryl methyl sites for hydroxylation is 2. The van der Waals surface area contributed by atoms with Gasteiger partial charge in [-0.25, -0.2) is 0 Å². The Bertz CT molecular complexity index is 654. The van der Waals surface area contributed by atoms with Crippen LogP contribution in [-0.4, -0.2) is 11.1 Å². The van der Waals surface area contributed by atoms with Crippen LogP contribution in [0.25, 0.3) is 10.8 Å². The highest BCUT2D eigenvalue weighted by Crippen LogP contribution is 2.43. The smallest absolute Gasteiger partial charge is 0.300 e. The van der Waals surface area contributed by atoms with Gasteiger partial charge >= 0.3 is 0 Å². The van der Waals surface area contributed by atoms with E-state index in [4.69, 9.17) is 9.90 Å². The largest absolute Gasteiger partial charge is 0.481 e. The third kappa shape index (κ3) is 2.31. The molecule has 0 fully saturated rings. The van der Waals surface area contributed by atoms with Crippen molar-refractivity contribution in [2.75, 3.05) is 0 Å². The maximum absolute atomic E-state index is 9.00. The molecule has 2 aliphatic carbocycles. The van der Waals surface area contributed by atoms with Crippen LogP contribution in [-0.2, 0) is 17.6 Å². The maximum Gasteiger partial charge on any atom is 0.300 e. The lowest BCUT2D eigenvalue weighted by Crippen LogP contribution is -2.15. The fourth-order valence-electron chi connectivity index (χ4n) is 3.72. The van der Waals surface area contributed by atoms with E-state index in [2.05, 4.69) is 30.3 Å². The summed E-state index contributed by atoms with van der Waals surface area (Å²) in [5.41, 5.74) is 4.94. The molecule has 20 heavy (non-hydrogen) atoms. The Hall–Kier alpha value is -1.83. The summed E-state index contributed by atoms with van der Waals surface area (Å²) in [6, 6.07) is 11.5. The highest BCUT2D eigenvalue weighted by molar-refractivity contribution is 5.91. The van der Waals surface area contributed by atoms with Gasteiger partial charge in [0.1, 0.15) is 0 Å². The third-order valence-corrected chi connectivity index (χ3v) is 4.43. The molecule has 0 radical (unpaired) electrons. The van der Waals surface area contributed by atoms with Crippen LogP contribution in [0.5, 0.6) is 0 Å². The molecule has 2 nitrogen and oxygen atoms in total. The predicted molar refractivity (Wildman–Crippen MR) is 81.3 cm³/mol. The molecule has 1 N–H and O–H groups in total. The molecule has 1 atom stereocenters. The van der Waals surface area contributed by atoms with Crippen molar-refractivity contribution in [3.05, 3.63) is 47.0 Å². The Kier molecular flexibility index (Phi) is 3.47. The fourth-order valence-corrected chi connectivity index (χ4v) is 3.72. The molecular weight excluding hydrogens is 248 g/mol. The predicted octanol–water partition coefficient (Wildman–Crippen LogP) is 4.30. The van der Waals surface area contributed by atoms with Crippen LogP contribution in [0, 0.1) is 0 Å². The van der Waals surface area contributed by atoms with Crippen molar-refractivity contribution in [1.29, 1.82) is 0 Å². The number of carbonyl (C=O) groups is 1. The highest BCUT2D eigenvalue weighted by Gasteiger charge is 2.26. The van der Waals surface area contributed by atoms with Gasteiger partial charge < -0.3 is 5.11 Å². The maximum atomic E-state index is 9.00. The lowest BCUT2D eigenvalue weighted by Gasteiger charge is -2.31. The van der Waals surface area contributed by atoms with Gasteiger partial charge in [-0.1, -0.05) is 30.3 Å². The normalized spacial score (nSPS) is 19.1. The van der Waals surface area contributed by atoms with Crippen LogP contribution in [0.1, 0.15) is 48.8 Å². The Labute approximate surface area is 119 Å². The van der Waals surface area contributed by atoms with Crippen LogP contribution in [0.4, 0.5) is 0 Å². The van der Waals surface area contributed by atoms with E-state index in [-0.39, 0.29) is 0 Å². The summed E-state index contributed by atoms with van der Waals surface area (Å²) in [4.78, 5) is 9.00.